The van der Waals surface area contributed by atoms with Crippen LogP contribution in [0.1, 0.15) is 20.8 Å². The van der Waals surface area contributed by atoms with Crippen molar-refractivity contribution >= 4 is 66.4 Å². The molecule has 164 valence electrons. The van der Waals surface area contributed by atoms with E-state index in [1.807, 2.05) is 12.1 Å². The highest BCUT2D eigenvalue weighted by Crippen LogP contribution is 2.37. The Balaban J connectivity index is 1.65. The summed E-state index contributed by atoms with van der Waals surface area (Å²) in [5.41, 5.74) is 8.32. The van der Waals surface area contributed by atoms with Gasteiger partial charge in [-0.15, -0.1) is 0 Å². The van der Waals surface area contributed by atoms with Gasteiger partial charge in [0.15, 0.2) is 0 Å². The number of aromatic nitrogens is 1. The molecule has 34 heavy (non-hydrogen) atoms. The summed E-state index contributed by atoms with van der Waals surface area (Å²) in [6.07, 6.45) is 2.15. The molecule has 0 N–H and O–H groups in total. The van der Waals surface area contributed by atoms with Gasteiger partial charge in [-0.3, -0.25) is 0 Å². The molecule has 0 aliphatic heterocycles. The van der Waals surface area contributed by atoms with Crippen LogP contribution >= 0.6 is 0 Å². The molecule has 3 heteroatoms. The van der Waals surface area contributed by atoms with Gasteiger partial charge >= 0.3 is 0 Å². The van der Waals surface area contributed by atoms with Crippen LogP contribution in [0, 0.1) is 0 Å². The van der Waals surface area contributed by atoms with Crippen LogP contribution in [0.5, 0.6) is 0 Å². The van der Waals surface area contributed by atoms with Crippen molar-refractivity contribution in [2.45, 2.75) is 20.8 Å². The molecule has 4 aromatic carbocycles. The van der Waals surface area contributed by atoms with Crippen LogP contribution in [-0.2, 0) is 0 Å². The van der Waals surface area contributed by atoms with Gasteiger partial charge in [-0.2, -0.15) is 0 Å². The van der Waals surface area contributed by atoms with Crippen LogP contribution in [0.25, 0.3) is 72.1 Å². The van der Waals surface area contributed by atoms with Gasteiger partial charge in [0.05, 0.1) is 16.4 Å². The Hall–Kier alpha value is -4.24. The fourth-order valence-electron chi connectivity index (χ4n) is 5.42. The van der Waals surface area contributed by atoms with Crippen molar-refractivity contribution in [1.82, 2.24) is 4.57 Å². The molecule has 7 aromatic rings. The zero-order valence-corrected chi connectivity index (χ0v) is 19.3. The van der Waals surface area contributed by atoms with Gasteiger partial charge in [0.25, 0.3) is 0 Å². The molecule has 0 radical (unpaired) electrons. The quantitative estimate of drug-likeness (QED) is 0.265. The maximum absolute atomic E-state index is 6.54. The van der Waals surface area contributed by atoms with Crippen LogP contribution in [-0.4, -0.2) is 4.57 Å². The van der Waals surface area contributed by atoms with Crippen molar-refractivity contribution in [3.63, 3.8) is 0 Å². The highest BCUT2D eigenvalue weighted by Gasteiger charge is 2.18. The Morgan fingerprint density at radius 3 is 2.29 bits per heavy atom. The van der Waals surface area contributed by atoms with Crippen molar-refractivity contribution < 1.29 is 8.83 Å². The van der Waals surface area contributed by atoms with Crippen LogP contribution in [0.2, 0.25) is 0 Å². The average molecular weight is 442 g/mol. The van der Waals surface area contributed by atoms with E-state index in [4.69, 9.17) is 8.83 Å². The van der Waals surface area contributed by atoms with Gasteiger partial charge in [0.2, 0.25) is 0 Å². The summed E-state index contributed by atoms with van der Waals surface area (Å²) in [5.74, 6) is 0. The van der Waals surface area contributed by atoms with E-state index in [0.29, 0.717) is 0 Å². The molecule has 0 saturated carbocycles. The molecule has 0 amide bonds. The number of fused-ring (bicyclic) bond motifs is 8. The first-order valence-electron chi connectivity index (χ1n) is 11.7. The van der Waals surface area contributed by atoms with E-state index in [9.17, 15) is 0 Å². The highest BCUT2D eigenvalue weighted by atomic mass is 16.3. The highest BCUT2D eigenvalue weighted by molar-refractivity contribution is 6.20. The van der Waals surface area contributed by atoms with Gasteiger partial charge in [-0.05, 0) is 68.8 Å². The van der Waals surface area contributed by atoms with E-state index in [-0.39, 0.29) is 0 Å². The standard InChI is InChI=1S/C31H23NO2/c1-4-20-22-14-15-26-29(31(22)34-30(20)18(2)3)23-10-5-7-11-25(23)32(26)19-13-16-28-24(17-19)21-9-6-8-12-27(21)33-28/h4-17H,1-3H3/b20-4-. The fourth-order valence-corrected chi connectivity index (χ4v) is 5.42. The van der Waals surface area contributed by atoms with Crippen LogP contribution in [0.15, 0.2) is 87.7 Å². The third-order valence-electron chi connectivity index (χ3n) is 6.89. The second-order valence-corrected chi connectivity index (χ2v) is 9.10. The molecule has 0 spiro atoms. The van der Waals surface area contributed by atoms with Crippen molar-refractivity contribution in [3.05, 3.63) is 89.5 Å². The molecule has 0 fully saturated rings. The second kappa shape index (κ2) is 6.88. The monoisotopic (exact) mass is 441 g/mol. The van der Waals surface area contributed by atoms with Gasteiger partial charge < -0.3 is 13.4 Å². The minimum atomic E-state index is 0.904. The number of hydrogen-bond acceptors (Lipinski definition) is 2. The largest absolute Gasteiger partial charge is 0.456 e. The summed E-state index contributed by atoms with van der Waals surface area (Å²) in [5, 5.41) is 6.93. The second-order valence-electron chi connectivity index (χ2n) is 9.10. The molecule has 0 unspecified atom stereocenters. The smallest absolute Gasteiger partial charge is 0.145 e. The van der Waals surface area contributed by atoms with Crippen molar-refractivity contribution in [2.24, 2.45) is 0 Å². The van der Waals surface area contributed by atoms with Crippen LogP contribution < -0.4 is 10.6 Å². The predicted octanol–water partition coefficient (Wildman–Crippen LogP) is 7.42. The lowest BCUT2D eigenvalue weighted by molar-refractivity contribution is 0.574. The summed E-state index contributed by atoms with van der Waals surface area (Å²) in [4.78, 5) is 0. The summed E-state index contributed by atoms with van der Waals surface area (Å²) >= 11 is 0. The van der Waals surface area contributed by atoms with E-state index in [2.05, 4.69) is 98.1 Å². The topological polar surface area (TPSA) is 31.2 Å². The third kappa shape index (κ3) is 2.47. The Bertz CT molecular complexity index is 2040. The van der Waals surface area contributed by atoms with Crippen molar-refractivity contribution in [3.8, 4) is 5.69 Å². The lowest BCUT2D eigenvalue weighted by Gasteiger charge is -2.08. The normalized spacial score (nSPS) is 12.7. The zero-order valence-electron chi connectivity index (χ0n) is 19.3. The predicted molar refractivity (Wildman–Crippen MR) is 142 cm³/mol. The Morgan fingerprint density at radius 2 is 1.47 bits per heavy atom. The number of nitrogens with zero attached hydrogens (tertiary/aromatic N) is 1. The molecular weight excluding hydrogens is 418 g/mol. The molecule has 0 aliphatic carbocycles. The van der Waals surface area contributed by atoms with E-state index in [0.717, 1.165) is 60.4 Å². The summed E-state index contributed by atoms with van der Waals surface area (Å²) in [6, 6.07) is 27.7. The third-order valence-corrected chi connectivity index (χ3v) is 6.89. The van der Waals surface area contributed by atoms with E-state index in [1.54, 1.807) is 0 Å². The van der Waals surface area contributed by atoms with Gasteiger partial charge in [0, 0.05) is 32.5 Å². The summed E-state index contributed by atoms with van der Waals surface area (Å²) in [6.45, 7) is 6.29. The first kappa shape index (κ1) is 19.2. The Kier molecular flexibility index (Phi) is 3.89. The molecule has 3 aromatic heterocycles. The minimum Gasteiger partial charge on any atom is -0.456 e. The average Bonchev–Trinajstić information content (AvgIpc) is 3.52. The zero-order chi connectivity index (χ0) is 23.0. The van der Waals surface area contributed by atoms with Crippen LogP contribution in [0.4, 0.5) is 0 Å². The number of hydrogen-bond donors (Lipinski definition) is 0. The van der Waals surface area contributed by atoms with E-state index >= 15 is 0 Å². The molecule has 3 heterocycles. The maximum atomic E-state index is 6.54. The molecule has 3 nitrogen and oxygen atoms in total. The summed E-state index contributed by atoms with van der Waals surface area (Å²) in [7, 11) is 0. The maximum Gasteiger partial charge on any atom is 0.145 e. The van der Waals surface area contributed by atoms with Gasteiger partial charge in [-0.25, -0.2) is 0 Å². The number of para-hydroxylation sites is 2. The fraction of sp³-hybridized carbons (Fsp3) is 0.0968. The molecule has 0 bridgehead atoms. The number of benzene rings is 4. The van der Waals surface area contributed by atoms with E-state index in [1.165, 1.54) is 16.2 Å². The molecule has 0 saturated heterocycles. The summed E-state index contributed by atoms with van der Waals surface area (Å²) < 4.78 is 15.0. The Morgan fingerprint density at radius 1 is 0.706 bits per heavy atom. The van der Waals surface area contributed by atoms with Crippen molar-refractivity contribution in [1.29, 1.82) is 0 Å². The first-order chi connectivity index (χ1) is 16.7. The molecule has 7 rings (SSSR count). The minimum absolute atomic E-state index is 0.904. The Labute approximate surface area is 195 Å². The number of rotatable bonds is 1. The van der Waals surface area contributed by atoms with Gasteiger partial charge in [0.1, 0.15) is 22.2 Å². The SMILES string of the molecule is C/C=c1\c(=C(C)C)oc2c1ccc1c2c2ccccc2n1-c1ccc2oc3ccccc3c2c1. The number of furan rings is 2. The van der Waals surface area contributed by atoms with E-state index < -0.39 is 0 Å². The molecule has 0 aliphatic rings. The van der Waals surface area contributed by atoms with Crippen LogP contribution in [0.3, 0.4) is 0 Å². The first-order valence-corrected chi connectivity index (χ1v) is 11.7. The molecule has 0 atom stereocenters. The molecular formula is C31H23NO2. The van der Waals surface area contributed by atoms with Crippen molar-refractivity contribution in [2.75, 3.05) is 0 Å². The van der Waals surface area contributed by atoms with Gasteiger partial charge in [-0.1, -0.05) is 42.5 Å². The lowest BCUT2D eigenvalue weighted by atomic mass is 10.1. The lowest BCUT2D eigenvalue weighted by Crippen LogP contribution is -2.21.